The average Bonchev–Trinajstić information content (AvgIpc) is 2.89. The van der Waals surface area contributed by atoms with Crippen LogP contribution in [0, 0.1) is 18.3 Å². The van der Waals surface area contributed by atoms with Gasteiger partial charge in [0.1, 0.15) is 5.75 Å². The summed E-state index contributed by atoms with van der Waals surface area (Å²) >= 11 is 0. The summed E-state index contributed by atoms with van der Waals surface area (Å²) in [6.07, 6.45) is 0.894. The van der Waals surface area contributed by atoms with Crippen LogP contribution in [0.2, 0.25) is 0 Å². The van der Waals surface area contributed by atoms with Crippen molar-refractivity contribution in [3.63, 3.8) is 0 Å². The SMILES string of the molecule is COc1ccc(NC(=O)C2(C(C)C)CCNC2)cc1C. The van der Waals surface area contributed by atoms with Crippen molar-refractivity contribution >= 4 is 11.6 Å². The predicted octanol–water partition coefficient (Wildman–Crippen LogP) is 2.58. The Kier molecular flexibility index (Phi) is 4.33. The third-order valence-corrected chi connectivity index (χ3v) is 4.40. The van der Waals surface area contributed by atoms with Gasteiger partial charge in [-0.3, -0.25) is 4.79 Å². The molecule has 1 fully saturated rings. The van der Waals surface area contributed by atoms with Gasteiger partial charge in [-0.2, -0.15) is 0 Å². The number of carbonyl (C=O) groups is 1. The van der Waals surface area contributed by atoms with Crippen molar-refractivity contribution in [3.8, 4) is 5.75 Å². The lowest BCUT2D eigenvalue weighted by atomic mass is 9.75. The number of hydrogen-bond donors (Lipinski definition) is 2. The molecule has 2 rings (SSSR count). The molecule has 1 aliphatic rings. The van der Waals surface area contributed by atoms with Crippen LogP contribution in [-0.2, 0) is 4.79 Å². The maximum absolute atomic E-state index is 12.7. The molecule has 2 N–H and O–H groups in total. The number of amides is 1. The lowest BCUT2D eigenvalue weighted by Crippen LogP contribution is -2.42. The number of rotatable bonds is 4. The molecular formula is C16H24N2O2. The number of anilines is 1. The standard InChI is InChI=1S/C16H24N2O2/c1-11(2)16(7-8-17-10-16)15(19)18-13-5-6-14(20-4)12(3)9-13/h5-6,9,11,17H,7-8,10H2,1-4H3,(H,18,19). The third-order valence-electron chi connectivity index (χ3n) is 4.40. The highest BCUT2D eigenvalue weighted by Gasteiger charge is 2.43. The molecule has 20 heavy (non-hydrogen) atoms. The first kappa shape index (κ1) is 14.9. The maximum atomic E-state index is 12.7. The first-order chi connectivity index (χ1) is 9.49. The summed E-state index contributed by atoms with van der Waals surface area (Å²) in [7, 11) is 1.65. The van der Waals surface area contributed by atoms with Gasteiger partial charge in [0.25, 0.3) is 0 Å². The fourth-order valence-electron chi connectivity index (χ4n) is 2.87. The number of carbonyl (C=O) groups excluding carboxylic acids is 1. The molecule has 0 bridgehead atoms. The van der Waals surface area contributed by atoms with E-state index in [1.807, 2.05) is 25.1 Å². The highest BCUT2D eigenvalue weighted by molar-refractivity contribution is 5.96. The van der Waals surface area contributed by atoms with Crippen LogP contribution >= 0.6 is 0 Å². The molecule has 110 valence electrons. The van der Waals surface area contributed by atoms with Crippen LogP contribution in [0.5, 0.6) is 5.75 Å². The Hall–Kier alpha value is -1.55. The second-order valence-corrected chi connectivity index (χ2v) is 5.88. The largest absolute Gasteiger partial charge is 0.496 e. The number of methoxy groups -OCH3 is 1. The minimum atomic E-state index is -0.298. The second kappa shape index (κ2) is 5.83. The monoisotopic (exact) mass is 276 g/mol. The Morgan fingerprint density at radius 3 is 2.70 bits per heavy atom. The van der Waals surface area contributed by atoms with E-state index in [-0.39, 0.29) is 11.3 Å². The molecule has 4 nitrogen and oxygen atoms in total. The van der Waals surface area contributed by atoms with Gasteiger partial charge < -0.3 is 15.4 Å². The van der Waals surface area contributed by atoms with E-state index in [1.54, 1.807) is 7.11 Å². The zero-order valence-electron chi connectivity index (χ0n) is 12.7. The zero-order chi connectivity index (χ0) is 14.8. The van der Waals surface area contributed by atoms with Crippen LogP contribution in [-0.4, -0.2) is 26.1 Å². The van der Waals surface area contributed by atoms with Gasteiger partial charge in [-0.25, -0.2) is 0 Å². The summed E-state index contributed by atoms with van der Waals surface area (Å²) in [5.74, 6) is 1.27. The fourth-order valence-corrected chi connectivity index (χ4v) is 2.87. The summed E-state index contributed by atoms with van der Waals surface area (Å²) in [5.41, 5.74) is 1.56. The van der Waals surface area contributed by atoms with E-state index >= 15 is 0 Å². The van der Waals surface area contributed by atoms with Gasteiger partial charge in [0.15, 0.2) is 0 Å². The Balaban J connectivity index is 2.16. The molecule has 0 radical (unpaired) electrons. The van der Waals surface area contributed by atoms with Crippen molar-refractivity contribution in [2.24, 2.45) is 11.3 Å². The van der Waals surface area contributed by atoms with E-state index in [1.165, 1.54) is 0 Å². The lowest BCUT2D eigenvalue weighted by molar-refractivity contribution is -0.126. The predicted molar refractivity (Wildman–Crippen MR) is 81.1 cm³/mol. The molecule has 1 aromatic rings. The molecule has 1 heterocycles. The zero-order valence-corrected chi connectivity index (χ0v) is 12.7. The first-order valence-corrected chi connectivity index (χ1v) is 7.16. The van der Waals surface area contributed by atoms with Crippen LogP contribution < -0.4 is 15.4 Å². The average molecular weight is 276 g/mol. The van der Waals surface area contributed by atoms with E-state index in [2.05, 4.69) is 24.5 Å². The van der Waals surface area contributed by atoms with Gasteiger partial charge >= 0.3 is 0 Å². The smallest absolute Gasteiger partial charge is 0.232 e. The third kappa shape index (κ3) is 2.66. The maximum Gasteiger partial charge on any atom is 0.232 e. The van der Waals surface area contributed by atoms with Gasteiger partial charge in [-0.1, -0.05) is 13.8 Å². The Morgan fingerprint density at radius 2 is 2.20 bits per heavy atom. The van der Waals surface area contributed by atoms with E-state index in [4.69, 9.17) is 4.74 Å². The fraction of sp³-hybridized carbons (Fsp3) is 0.562. The van der Waals surface area contributed by atoms with Gasteiger partial charge in [0.05, 0.1) is 12.5 Å². The molecule has 4 heteroatoms. The Labute approximate surface area is 120 Å². The lowest BCUT2D eigenvalue weighted by Gasteiger charge is -2.31. The number of benzene rings is 1. The molecule has 1 aromatic carbocycles. The van der Waals surface area contributed by atoms with Crippen LogP contribution in [0.15, 0.2) is 18.2 Å². The van der Waals surface area contributed by atoms with Crippen molar-refractivity contribution in [2.45, 2.75) is 27.2 Å². The van der Waals surface area contributed by atoms with E-state index in [9.17, 15) is 4.79 Å². The molecule has 0 spiro atoms. The molecule has 0 aliphatic carbocycles. The molecule has 1 saturated heterocycles. The van der Waals surface area contributed by atoms with Crippen molar-refractivity contribution in [1.29, 1.82) is 0 Å². The van der Waals surface area contributed by atoms with Crippen LogP contribution in [0.1, 0.15) is 25.8 Å². The minimum absolute atomic E-state index is 0.113. The molecular weight excluding hydrogens is 252 g/mol. The molecule has 0 aromatic heterocycles. The first-order valence-electron chi connectivity index (χ1n) is 7.16. The number of aryl methyl sites for hydroxylation is 1. The van der Waals surface area contributed by atoms with Gasteiger partial charge in [0, 0.05) is 12.2 Å². The quantitative estimate of drug-likeness (QED) is 0.888. The molecule has 1 unspecified atom stereocenters. The Bertz CT molecular complexity index is 491. The molecule has 1 atom stereocenters. The summed E-state index contributed by atoms with van der Waals surface area (Å²) in [6, 6.07) is 5.73. The van der Waals surface area contributed by atoms with Gasteiger partial charge in [-0.15, -0.1) is 0 Å². The van der Waals surface area contributed by atoms with E-state index in [0.717, 1.165) is 36.5 Å². The topological polar surface area (TPSA) is 50.4 Å². The van der Waals surface area contributed by atoms with Crippen molar-refractivity contribution in [1.82, 2.24) is 5.32 Å². The highest BCUT2D eigenvalue weighted by atomic mass is 16.5. The van der Waals surface area contributed by atoms with E-state index in [0.29, 0.717) is 5.92 Å². The Morgan fingerprint density at radius 1 is 1.45 bits per heavy atom. The molecule has 1 amide bonds. The van der Waals surface area contributed by atoms with E-state index < -0.39 is 0 Å². The second-order valence-electron chi connectivity index (χ2n) is 5.88. The number of nitrogens with one attached hydrogen (secondary N) is 2. The van der Waals surface area contributed by atoms with Crippen LogP contribution in [0.3, 0.4) is 0 Å². The van der Waals surface area contributed by atoms with Gasteiger partial charge in [-0.05, 0) is 49.6 Å². The minimum Gasteiger partial charge on any atom is -0.496 e. The highest BCUT2D eigenvalue weighted by Crippen LogP contribution is 2.35. The molecule has 0 saturated carbocycles. The number of ether oxygens (including phenoxy) is 1. The van der Waals surface area contributed by atoms with Crippen molar-refractivity contribution in [2.75, 3.05) is 25.5 Å². The summed E-state index contributed by atoms with van der Waals surface area (Å²) in [6.45, 7) is 7.88. The molecule has 1 aliphatic heterocycles. The van der Waals surface area contributed by atoms with Crippen LogP contribution in [0.4, 0.5) is 5.69 Å². The summed E-state index contributed by atoms with van der Waals surface area (Å²) in [4.78, 5) is 12.7. The van der Waals surface area contributed by atoms with Crippen LogP contribution in [0.25, 0.3) is 0 Å². The normalized spacial score (nSPS) is 22.1. The number of hydrogen-bond acceptors (Lipinski definition) is 3. The summed E-state index contributed by atoms with van der Waals surface area (Å²) < 4.78 is 5.24. The summed E-state index contributed by atoms with van der Waals surface area (Å²) in [5, 5.41) is 6.37. The van der Waals surface area contributed by atoms with Crippen molar-refractivity contribution in [3.05, 3.63) is 23.8 Å². The van der Waals surface area contributed by atoms with Gasteiger partial charge in [0.2, 0.25) is 5.91 Å². The van der Waals surface area contributed by atoms with Crippen molar-refractivity contribution < 1.29 is 9.53 Å².